The Morgan fingerprint density at radius 2 is 2.11 bits per heavy atom. The summed E-state index contributed by atoms with van der Waals surface area (Å²) >= 11 is 0. The van der Waals surface area contributed by atoms with E-state index in [1.54, 1.807) is 0 Å². The maximum absolute atomic E-state index is 7.94. The van der Waals surface area contributed by atoms with Gasteiger partial charge in [-0.05, 0) is 26.7 Å². The predicted molar refractivity (Wildman–Crippen MR) is 80.2 cm³/mol. The van der Waals surface area contributed by atoms with Gasteiger partial charge in [0.2, 0.25) is 0 Å². The van der Waals surface area contributed by atoms with Crippen LogP contribution in [0.3, 0.4) is 0 Å². The number of hydrogen-bond acceptors (Lipinski definition) is 4. The zero-order valence-electron chi connectivity index (χ0n) is 12.8. The van der Waals surface area contributed by atoms with Crippen molar-refractivity contribution in [2.24, 2.45) is 11.0 Å². The molecule has 0 spiro atoms. The normalized spacial score (nSPS) is 20.9. The van der Waals surface area contributed by atoms with E-state index >= 15 is 0 Å². The molecule has 0 aromatic carbocycles. The van der Waals surface area contributed by atoms with Gasteiger partial charge in [-0.15, -0.1) is 0 Å². The van der Waals surface area contributed by atoms with E-state index in [4.69, 9.17) is 5.41 Å². The summed E-state index contributed by atoms with van der Waals surface area (Å²) in [6.45, 7) is 15.7. The molecule has 0 aromatic rings. The highest BCUT2D eigenvalue weighted by atomic mass is 15.5. The van der Waals surface area contributed by atoms with Gasteiger partial charge in [0.1, 0.15) is 0 Å². The SMILES string of the molecule is C=NN(C(C)C)[C@H](C)NCN1CC(C(C)C)NC1=N. The van der Waals surface area contributed by atoms with Crippen molar-refractivity contribution in [1.82, 2.24) is 20.5 Å². The Morgan fingerprint density at radius 3 is 2.53 bits per heavy atom. The van der Waals surface area contributed by atoms with Crippen LogP contribution in [-0.2, 0) is 0 Å². The zero-order valence-corrected chi connectivity index (χ0v) is 12.8. The lowest BCUT2D eigenvalue weighted by Gasteiger charge is -2.31. The van der Waals surface area contributed by atoms with Crippen molar-refractivity contribution in [3.8, 4) is 0 Å². The average Bonchev–Trinajstić information content (AvgIpc) is 2.68. The molecule has 0 bridgehead atoms. The second-order valence-corrected chi connectivity index (χ2v) is 5.72. The van der Waals surface area contributed by atoms with E-state index in [1.807, 2.05) is 9.91 Å². The van der Waals surface area contributed by atoms with Crippen molar-refractivity contribution in [2.75, 3.05) is 13.2 Å². The van der Waals surface area contributed by atoms with Crippen LogP contribution in [-0.4, -0.2) is 54.0 Å². The first kappa shape index (κ1) is 15.8. The fourth-order valence-electron chi connectivity index (χ4n) is 2.23. The van der Waals surface area contributed by atoms with E-state index in [0.717, 1.165) is 6.54 Å². The minimum absolute atomic E-state index is 0.100. The van der Waals surface area contributed by atoms with Crippen LogP contribution in [0.25, 0.3) is 0 Å². The van der Waals surface area contributed by atoms with Gasteiger partial charge in [-0.1, -0.05) is 13.8 Å². The second kappa shape index (κ2) is 6.75. The topological polar surface area (TPSA) is 66.8 Å². The molecule has 6 heteroatoms. The number of hydrazone groups is 1. The molecule has 1 unspecified atom stereocenters. The van der Waals surface area contributed by atoms with Crippen LogP contribution in [0.15, 0.2) is 5.10 Å². The summed E-state index contributed by atoms with van der Waals surface area (Å²) in [6, 6.07) is 0.669. The molecule has 110 valence electrons. The Bertz CT molecular complexity index is 314. The number of guanidine groups is 1. The van der Waals surface area contributed by atoms with Gasteiger partial charge in [-0.2, -0.15) is 5.10 Å². The van der Waals surface area contributed by atoms with Crippen molar-refractivity contribution in [2.45, 2.75) is 52.9 Å². The molecule has 1 heterocycles. The molecular formula is C13H28N6. The number of nitrogens with zero attached hydrogens (tertiary/aromatic N) is 3. The van der Waals surface area contributed by atoms with E-state index in [9.17, 15) is 0 Å². The first-order chi connectivity index (χ1) is 8.86. The van der Waals surface area contributed by atoms with Gasteiger partial charge < -0.3 is 10.2 Å². The number of nitrogens with one attached hydrogen (secondary N) is 3. The summed E-state index contributed by atoms with van der Waals surface area (Å²) in [5, 5.41) is 20.5. The van der Waals surface area contributed by atoms with Gasteiger partial charge >= 0.3 is 0 Å². The molecule has 19 heavy (non-hydrogen) atoms. The molecule has 1 aliphatic heterocycles. The molecule has 1 fully saturated rings. The highest BCUT2D eigenvalue weighted by molar-refractivity contribution is 5.79. The molecule has 1 rings (SSSR count). The van der Waals surface area contributed by atoms with Gasteiger partial charge in [0.05, 0.1) is 12.8 Å². The molecule has 1 aliphatic rings. The lowest BCUT2D eigenvalue weighted by molar-refractivity contribution is 0.135. The van der Waals surface area contributed by atoms with Crippen LogP contribution < -0.4 is 10.6 Å². The van der Waals surface area contributed by atoms with Crippen molar-refractivity contribution >= 4 is 12.7 Å². The summed E-state index contributed by atoms with van der Waals surface area (Å²) in [5.74, 6) is 1.03. The van der Waals surface area contributed by atoms with E-state index < -0.39 is 0 Å². The molecule has 0 radical (unpaired) electrons. The minimum Gasteiger partial charge on any atom is -0.352 e. The Morgan fingerprint density at radius 1 is 1.47 bits per heavy atom. The lowest BCUT2D eigenvalue weighted by Crippen LogP contribution is -2.48. The minimum atomic E-state index is 0.100. The van der Waals surface area contributed by atoms with Crippen LogP contribution in [0, 0.1) is 11.3 Å². The van der Waals surface area contributed by atoms with E-state index in [2.05, 4.69) is 57.1 Å². The van der Waals surface area contributed by atoms with Crippen LogP contribution >= 0.6 is 0 Å². The predicted octanol–water partition coefficient (Wildman–Crippen LogP) is 1.07. The smallest absolute Gasteiger partial charge is 0.192 e. The molecule has 0 aliphatic carbocycles. The summed E-state index contributed by atoms with van der Waals surface area (Å²) in [4.78, 5) is 2.02. The monoisotopic (exact) mass is 268 g/mol. The third-order valence-electron chi connectivity index (χ3n) is 3.53. The third kappa shape index (κ3) is 4.09. The fraction of sp³-hybridized carbons (Fsp3) is 0.846. The largest absolute Gasteiger partial charge is 0.352 e. The van der Waals surface area contributed by atoms with Gasteiger partial charge in [-0.25, -0.2) is 0 Å². The first-order valence-corrected chi connectivity index (χ1v) is 6.95. The van der Waals surface area contributed by atoms with Crippen molar-refractivity contribution in [1.29, 1.82) is 5.41 Å². The summed E-state index contributed by atoms with van der Waals surface area (Å²) in [6.07, 6.45) is 0.100. The Balaban J connectivity index is 2.44. The highest BCUT2D eigenvalue weighted by Crippen LogP contribution is 2.10. The Labute approximate surface area is 116 Å². The van der Waals surface area contributed by atoms with Crippen LogP contribution in [0.5, 0.6) is 0 Å². The zero-order chi connectivity index (χ0) is 14.6. The maximum atomic E-state index is 7.94. The quantitative estimate of drug-likeness (QED) is 0.367. The summed E-state index contributed by atoms with van der Waals surface area (Å²) in [5.41, 5.74) is 0. The number of rotatable bonds is 7. The molecular weight excluding hydrogens is 240 g/mol. The van der Waals surface area contributed by atoms with Crippen molar-refractivity contribution in [3.63, 3.8) is 0 Å². The van der Waals surface area contributed by atoms with Crippen molar-refractivity contribution < 1.29 is 0 Å². The molecule has 0 saturated carbocycles. The van der Waals surface area contributed by atoms with Crippen LogP contribution in [0.1, 0.15) is 34.6 Å². The lowest BCUT2D eigenvalue weighted by atomic mass is 10.1. The molecule has 0 aromatic heterocycles. The van der Waals surface area contributed by atoms with Gasteiger partial charge in [-0.3, -0.25) is 15.7 Å². The van der Waals surface area contributed by atoms with E-state index in [0.29, 0.717) is 30.6 Å². The molecule has 0 amide bonds. The van der Waals surface area contributed by atoms with Crippen LogP contribution in [0.4, 0.5) is 0 Å². The van der Waals surface area contributed by atoms with Gasteiger partial charge in [0.15, 0.2) is 5.96 Å². The highest BCUT2D eigenvalue weighted by Gasteiger charge is 2.28. The molecule has 6 nitrogen and oxygen atoms in total. The first-order valence-electron chi connectivity index (χ1n) is 6.95. The number of hydrogen-bond donors (Lipinski definition) is 3. The maximum Gasteiger partial charge on any atom is 0.192 e. The standard InChI is InChI=1S/C13H28N6/c1-9(2)12-7-18(13(14)17-12)8-16-11(5)19(15-6)10(3)4/h9-12,16H,6-8H2,1-5H3,(H2,14,17)/t11-,12?/m1/s1. The Hall–Kier alpha value is -1.30. The van der Waals surface area contributed by atoms with Gasteiger partial charge in [0, 0.05) is 25.3 Å². The summed E-state index contributed by atoms with van der Waals surface area (Å²) in [7, 11) is 0. The van der Waals surface area contributed by atoms with Crippen molar-refractivity contribution in [3.05, 3.63) is 0 Å². The Kier molecular flexibility index (Phi) is 5.60. The second-order valence-electron chi connectivity index (χ2n) is 5.72. The van der Waals surface area contributed by atoms with E-state index in [-0.39, 0.29) is 6.17 Å². The molecule has 1 saturated heterocycles. The van der Waals surface area contributed by atoms with Gasteiger partial charge in [0.25, 0.3) is 0 Å². The summed E-state index contributed by atoms with van der Waals surface area (Å²) < 4.78 is 0. The van der Waals surface area contributed by atoms with E-state index in [1.165, 1.54) is 0 Å². The fourth-order valence-corrected chi connectivity index (χ4v) is 2.23. The molecule has 3 N–H and O–H groups in total. The van der Waals surface area contributed by atoms with Crippen LogP contribution in [0.2, 0.25) is 0 Å². The third-order valence-corrected chi connectivity index (χ3v) is 3.53. The molecule has 2 atom stereocenters. The average molecular weight is 268 g/mol.